The van der Waals surface area contributed by atoms with E-state index in [1.165, 1.54) is 12.0 Å². The minimum absolute atomic E-state index is 0.182. The number of hydrogen-bond donors (Lipinski definition) is 1. The molecule has 0 aliphatic carbocycles. The number of H-pyrrole nitrogens is 1. The molecule has 0 bridgehead atoms. The van der Waals surface area contributed by atoms with Crippen molar-refractivity contribution in [3.8, 4) is 0 Å². The van der Waals surface area contributed by atoms with Crippen LogP contribution in [-0.4, -0.2) is 75.8 Å². The molecule has 0 unspecified atom stereocenters. The van der Waals surface area contributed by atoms with E-state index < -0.39 is 0 Å². The lowest BCUT2D eigenvalue weighted by Crippen LogP contribution is -2.48. The average molecular weight is 438 g/mol. The van der Waals surface area contributed by atoms with E-state index in [1.54, 1.807) is 10.9 Å². The molecule has 1 N–H and O–H groups in total. The Morgan fingerprint density at radius 2 is 1.94 bits per heavy atom. The van der Waals surface area contributed by atoms with Gasteiger partial charge in [-0.15, -0.1) is 0 Å². The van der Waals surface area contributed by atoms with E-state index in [0.717, 1.165) is 39.0 Å². The predicted molar refractivity (Wildman–Crippen MR) is 117 cm³/mol. The van der Waals surface area contributed by atoms with E-state index in [9.17, 15) is 9.59 Å². The summed E-state index contributed by atoms with van der Waals surface area (Å²) in [5, 5.41) is 0. The number of piperazine rings is 1. The number of nitrogens with one attached hydrogen (secondary N) is 1. The summed E-state index contributed by atoms with van der Waals surface area (Å²) in [5.41, 5.74) is 1.72. The van der Waals surface area contributed by atoms with Crippen molar-refractivity contribution in [3.05, 3.63) is 53.3 Å². The summed E-state index contributed by atoms with van der Waals surface area (Å²) in [7, 11) is 0. The molecule has 10 heteroatoms. The highest BCUT2D eigenvalue weighted by molar-refractivity contribution is 5.71. The topological polar surface area (TPSA) is 106 Å². The van der Waals surface area contributed by atoms with E-state index in [4.69, 9.17) is 9.47 Å². The van der Waals surface area contributed by atoms with Gasteiger partial charge in [-0.05, 0) is 25.0 Å². The normalized spacial score (nSPS) is 21.8. The van der Waals surface area contributed by atoms with Crippen molar-refractivity contribution in [2.24, 2.45) is 0 Å². The summed E-state index contributed by atoms with van der Waals surface area (Å²) in [4.78, 5) is 39.5. The zero-order valence-electron chi connectivity index (χ0n) is 17.7. The van der Waals surface area contributed by atoms with Gasteiger partial charge < -0.3 is 19.4 Å². The molecule has 2 aliphatic heterocycles. The first-order chi connectivity index (χ1) is 15.7. The number of esters is 1. The van der Waals surface area contributed by atoms with Crippen LogP contribution in [0.4, 0.5) is 5.69 Å². The second kappa shape index (κ2) is 9.09. The van der Waals surface area contributed by atoms with Crippen molar-refractivity contribution < 1.29 is 14.3 Å². The molecule has 2 saturated heterocycles. The number of aromatic amines is 1. The zero-order valence-corrected chi connectivity index (χ0v) is 17.7. The molecule has 5 rings (SSSR count). The third-order valence-corrected chi connectivity index (χ3v) is 6.04. The number of imidazole rings is 1. The van der Waals surface area contributed by atoms with Crippen molar-refractivity contribution in [1.29, 1.82) is 0 Å². The fourth-order valence-corrected chi connectivity index (χ4v) is 4.30. The Morgan fingerprint density at radius 3 is 2.75 bits per heavy atom. The Labute approximate surface area is 184 Å². The summed E-state index contributed by atoms with van der Waals surface area (Å²) in [6.07, 6.45) is 3.97. The molecule has 2 atom stereocenters. The van der Waals surface area contributed by atoms with Crippen LogP contribution in [-0.2, 0) is 14.3 Å². The summed E-state index contributed by atoms with van der Waals surface area (Å²) >= 11 is 0. The second-order valence-electron chi connectivity index (χ2n) is 8.13. The number of nitrogens with zero attached hydrogens (tertiary/aromatic N) is 5. The number of aromatic nitrogens is 4. The number of benzene rings is 1. The van der Waals surface area contributed by atoms with Gasteiger partial charge in [-0.25, -0.2) is 9.97 Å². The van der Waals surface area contributed by atoms with Gasteiger partial charge in [-0.3, -0.25) is 19.1 Å². The van der Waals surface area contributed by atoms with Gasteiger partial charge in [0.15, 0.2) is 11.2 Å². The third kappa shape index (κ3) is 4.37. The summed E-state index contributed by atoms with van der Waals surface area (Å²) in [6.45, 7) is 3.94. The Morgan fingerprint density at radius 1 is 1.12 bits per heavy atom. The Balaban J connectivity index is 1.07. The van der Waals surface area contributed by atoms with Gasteiger partial charge >= 0.3 is 5.97 Å². The first-order valence-corrected chi connectivity index (χ1v) is 10.9. The summed E-state index contributed by atoms with van der Waals surface area (Å²) < 4.78 is 13.3. The van der Waals surface area contributed by atoms with Crippen LogP contribution in [0.5, 0.6) is 0 Å². The van der Waals surface area contributed by atoms with Crippen LogP contribution < -0.4 is 10.5 Å². The molecule has 1 aromatic carbocycles. The first kappa shape index (κ1) is 20.7. The maximum absolute atomic E-state index is 12.3. The van der Waals surface area contributed by atoms with Gasteiger partial charge in [0.05, 0.1) is 25.3 Å². The highest BCUT2D eigenvalue weighted by Gasteiger charge is 2.29. The maximum Gasteiger partial charge on any atom is 0.320 e. The molecule has 0 saturated carbocycles. The Bertz CT molecular complexity index is 1120. The van der Waals surface area contributed by atoms with Crippen molar-refractivity contribution in [2.75, 3.05) is 44.2 Å². The quantitative estimate of drug-likeness (QED) is 0.572. The van der Waals surface area contributed by atoms with Crippen LogP contribution in [0.3, 0.4) is 0 Å². The minimum atomic E-state index is -0.276. The lowest BCUT2D eigenvalue weighted by Gasteiger charge is -2.35. The molecule has 2 fully saturated rings. The molecule has 32 heavy (non-hydrogen) atoms. The molecule has 0 amide bonds. The molecule has 3 aromatic rings. The van der Waals surface area contributed by atoms with Gasteiger partial charge in [0, 0.05) is 31.9 Å². The number of carbonyl (C=O) groups is 1. The molecule has 4 heterocycles. The van der Waals surface area contributed by atoms with Gasteiger partial charge in [-0.2, -0.15) is 0 Å². The number of rotatable bonds is 6. The van der Waals surface area contributed by atoms with Crippen LogP contribution in [0.15, 0.2) is 47.8 Å². The zero-order chi connectivity index (χ0) is 21.9. The summed E-state index contributed by atoms with van der Waals surface area (Å²) in [5.74, 6) is -0.230. The molecule has 2 aromatic heterocycles. The molecular weight excluding hydrogens is 412 g/mol. The third-order valence-electron chi connectivity index (χ3n) is 6.04. The Hall–Kier alpha value is -3.24. The van der Waals surface area contributed by atoms with Crippen molar-refractivity contribution in [2.45, 2.75) is 25.2 Å². The number of fused-ring (bicyclic) bond motifs is 1. The number of carbonyl (C=O) groups excluding carboxylic acids is 1. The van der Waals surface area contributed by atoms with E-state index in [0.29, 0.717) is 11.2 Å². The fourth-order valence-electron chi connectivity index (χ4n) is 4.30. The molecule has 0 radical (unpaired) electrons. The summed E-state index contributed by atoms with van der Waals surface area (Å²) in [6, 6.07) is 10.3. The lowest BCUT2D eigenvalue weighted by atomic mass is 10.2. The van der Waals surface area contributed by atoms with Crippen molar-refractivity contribution in [3.63, 3.8) is 0 Å². The van der Waals surface area contributed by atoms with E-state index >= 15 is 0 Å². The molecule has 168 valence electrons. The van der Waals surface area contributed by atoms with Crippen LogP contribution in [0, 0.1) is 0 Å². The predicted octanol–water partition coefficient (Wildman–Crippen LogP) is 1.16. The Kier molecular flexibility index (Phi) is 5.87. The minimum Gasteiger partial charge on any atom is -0.462 e. The largest absolute Gasteiger partial charge is 0.462 e. The maximum atomic E-state index is 12.3. The monoisotopic (exact) mass is 438 g/mol. The van der Waals surface area contributed by atoms with Crippen LogP contribution in [0.1, 0.15) is 19.1 Å². The number of para-hydroxylation sites is 1. The molecule has 2 aliphatic rings. The molecular formula is C22H26N6O4. The lowest BCUT2D eigenvalue weighted by molar-refractivity contribution is -0.149. The average Bonchev–Trinajstić information content (AvgIpc) is 3.46. The standard InChI is InChI=1S/C22H26N6O4/c29-19(12-26-8-10-27(11-9-26)16-4-2-1-3-5-16)31-13-17-6-7-18(32-17)28-15-25-20-21(28)23-14-24-22(20)30/h1-5,14-15,17-18H,6-13H2,(H,23,24,30)/t17-,18+/m0/s1. The SMILES string of the molecule is O=C(CN1CCN(c2ccccc2)CC1)OC[C@@H]1CC[C@H](n2cnc3c(=O)[nH]cnc32)O1. The molecule has 0 spiro atoms. The highest BCUT2D eigenvalue weighted by atomic mass is 16.6. The van der Waals surface area contributed by atoms with Crippen LogP contribution in [0.25, 0.3) is 11.2 Å². The van der Waals surface area contributed by atoms with Crippen molar-refractivity contribution in [1.82, 2.24) is 24.4 Å². The van der Waals surface area contributed by atoms with Gasteiger partial charge in [0.2, 0.25) is 0 Å². The number of hydrogen-bond acceptors (Lipinski definition) is 8. The number of anilines is 1. The van der Waals surface area contributed by atoms with E-state index in [-0.39, 0.29) is 37.0 Å². The van der Waals surface area contributed by atoms with Crippen molar-refractivity contribution >= 4 is 22.8 Å². The number of ether oxygens (including phenoxy) is 2. The smallest absolute Gasteiger partial charge is 0.320 e. The van der Waals surface area contributed by atoms with E-state index in [1.807, 2.05) is 18.2 Å². The molecule has 10 nitrogen and oxygen atoms in total. The van der Waals surface area contributed by atoms with Gasteiger partial charge in [0.1, 0.15) is 12.8 Å². The second-order valence-corrected chi connectivity index (χ2v) is 8.13. The fraction of sp³-hybridized carbons (Fsp3) is 0.455. The van der Waals surface area contributed by atoms with Crippen LogP contribution >= 0.6 is 0 Å². The first-order valence-electron chi connectivity index (χ1n) is 10.9. The highest BCUT2D eigenvalue weighted by Crippen LogP contribution is 2.30. The van der Waals surface area contributed by atoms with Crippen LogP contribution in [0.2, 0.25) is 0 Å². The van der Waals surface area contributed by atoms with E-state index in [2.05, 4.69) is 36.9 Å². The van der Waals surface area contributed by atoms with Gasteiger partial charge in [-0.1, -0.05) is 18.2 Å². The van der Waals surface area contributed by atoms with Gasteiger partial charge in [0.25, 0.3) is 5.56 Å².